The highest BCUT2D eigenvalue weighted by Crippen LogP contribution is 2.53. The SMILES string of the molecule is CCCOC(F)(F)C(F)(F)C(F)(F)[Si](Cl)(Cl)CCC. The summed E-state index contributed by atoms with van der Waals surface area (Å²) >= 11 is 10.5. The average molecular weight is 351 g/mol. The third kappa shape index (κ3) is 3.71. The van der Waals surface area contributed by atoms with Crippen LogP contribution in [-0.4, -0.2) is 30.9 Å². The molecule has 116 valence electrons. The molecule has 0 amide bonds. The Kier molecular flexibility index (Phi) is 6.52. The van der Waals surface area contributed by atoms with E-state index in [1.807, 2.05) is 0 Å². The van der Waals surface area contributed by atoms with Crippen LogP contribution in [0.15, 0.2) is 0 Å². The van der Waals surface area contributed by atoms with Gasteiger partial charge >= 0.3 is 24.3 Å². The number of halogens is 8. The zero-order valence-corrected chi connectivity index (χ0v) is 12.8. The van der Waals surface area contributed by atoms with Gasteiger partial charge in [0.1, 0.15) is 0 Å². The molecule has 0 aromatic carbocycles. The third-order valence-corrected chi connectivity index (χ3v) is 7.19. The summed E-state index contributed by atoms with van der Waals surface area (Å²) in [6, 6.07) is -0.636. The van der Waals surface area contributed by atoms with Crippen molar-refractivity contribution < 1.29 is 31.1 Å². The summed E-state index contributed by atoms with van der Waals surface area (Å²) in [6.07, 6.45) is -5.38. The summed E-state index contributed by atoms with van der Waals surface area (Å²) in [6.45, 7) is -2.95. The van der Waals surface area contributed by atoms with Crippen LogP contribution < -0.4 is 0 Å². The van der Waals surface area contributed by atoms with Gasteiger partial charge in [0, 0.05) is 0 Å². The molecule has 0 aromatic rings. The van der Waals surface area contributed by atoms with Crippen LogP contribution in [-0.2, 0) is 4.74 Å². The number of ether oxygens (including phenoxy) is 1. The van der Waals surface area contributed by atoms with Gasteiger partial charge in [-0.2, -0.15) is 17.6 Å². The van der Waals surface area contributed by atoms with E-state index < -0.39 is 36.9 Å². The minimum Gasteiger partial charge on any atom is -0.316 e. The molecule has 0 bridgehead atoms. The second-order valence-corrected chi connectivity index (χ2v) is 11.0. The highest BCUT2D eigenvalue weighted by Gasteiger charge is 2.79. The molecule has 0 fully saturated rings. The highest BCUT2D eigenvalue weighted by molar-refractivity contribution is 7.46. The fourth-order valence-corrected chi connectivity index (χ4v) is 4.60. The van der Waals surface area contributed by atoms with E-state index in [2.05, 4.69) is 4.74 Å². The quantitative estimate of drug-likeness (QED) is 0.334. The summed E-state index contributed by atoms with van der Waals surface area (Å²) < 4.78 is 83.6. The van der Waals surface area contributed by atoms with Crippen molar-refractivity contribution in [1.29, 1.82) is 0 Å². The first kappa shape index (κ1) is 19.3. The molecule has 1 nitrogen and oxygen atoms in total. The maximum atomic E-state index is 13.6. The van der Waals surface area contributed by atoms with E-state index in [1.165, 1.54) is 13.8 Å². The van der Waals surface area contributed by atoms with Crippen molar-refractivity contribution in [3.05, 3.63) is 0 Å². The number of hydrogen-bond donors (Lipinski definition) is 0. The van der Waals surface area contributed by atoms with Crippen LogP contribution in [0.1, 0.15) is 26.7 Å². The van der Waals surface area contributed by atoms with Crippen LogP contribution in [0.4, 0.5) is 26.3 Å². The van der Waals surface area contributed by atoms with Crippen molar-refractivity contribution in [2.75, 3.05) is 6.61 Å². The summed E-state index contributed by atoms with van der Waals surface area (Å²) in [5, 5.41) is 0. The van der Waals surface area contributed by atoms with Crippen molar-refractivity contribution >= 4 is 28.9 Å². The smallest absolute Gasteiger partial charge is 0.316 e. The number of hydrogen-bond acceptors (Lipinski definition) is 1. The van der Waals surface area contributed by atoms with Gasteiger partial charge in [-0.15, -0.1) is 22.2 Å². The minimum atomic E-state index is -5.76. The molecule has 19 heavy (non-hydrogen) atoms. The average Bonchev–Trinajstić information content (AvgIpc) is 2.25. The lowest BCUT2D eigenvalue weighted by molar-refractivity contribution is -0.383. The summed E-state index contributed by atoms with van der Waals surface area (Å²) in [5.74, 6) is -5.76. The monoisotopic (exact) mass is 350 g/mol. The normalized spacial score (nSPS) is 14.8. The van der Waals surface area contributed by atoms with E-state index in [1.54, 1.807) is 0 Å². The maximum Gasteiger partial charge on any atom is 0.425 e. The largest absolute Gasteiger partial charge is 0.425 e. The summed E-state index contributed by atoms with van der Waals surface area (Å²) in [7, 11) is 0. The fourth-order valence-electron chi connectivity index (χ4n) is 1.20. The van der Waals surface area contributed by atoms with Crippen molar-refractivity contribution in [3.63, 3.8) is 0 Å². The predicted molar refractivity (Wildman–Crippen MR) is 63.6 cm³/mol. The Bertz CT molecular complexity index is 300. The van der Waals surface area contributed by atoms with Gasteiger partial charge in [0.05, 0.1) is 6.61 Å². The zero-order valence-electron chi connectivity index (χ0n) is 10.3. The van der Waals surface area contributed by atoms with Crippen LogP contribution in [0.2, 0.25) is 6.04 Å². The molecule has 0 unspecified atom stereocenters. The standard InChI is InChI=1S/C9H14Cl2F6OSi/c1-3-5-18-8(14,15)7(12,13)9(16,17)19(10,11)6-4-2/h3-6H2,1-2H3. The second-order valence-electron chi connectivity index (χ2n) is 3.97. The van der Waals surface area contributed by atoms with Gasteiger partial charge < -0.3 is 4.74 Å². The van der Waals surface area contributed by atoms with Gasteiger partial charge in [-0.05, 0) is 12.5 Å². The van der Waals surface area contributed by atoms with Gasteiger partial charge in [0.2, 0.25) is 0 Å². The topological polar surface area (TPSA) is 9.23 Å². The van der Waals surface area contributed by atoms with Crippen LogP contribution in [0.3, 0.4) is 0 Å². The minimum absolute atomic E-state index is 0.0215. The van der Waals surface area contributed by atoms with Crippen LogP contribution in [0.25, 0.3) is 0 Å². The first-order valence-corrected chi connectivity index (χ1v) is 9.75. The molecule has 10 heteroatoms. The summed E-state index contributed by atoms with van der Waals surface area (Å²) in [4.78, 5) is 0. The molecule has 0 radical (unpaired) electrons. The first-order valence-electron chi connectivity index (χ1n) is 5.52. The molecule has 0 rings (SSSR count). The van der Waals surface area contributed by atoms with E-state index in [9.17, 15) is 26.3 Å². The van der Waals surface area contributed by atoms with E-state index in [0.717, 1.165) is 0 Å². The molecule has 0 saturated heterocycles. The predicted octanol–water partition coefficient (Wildman–Crippen LogP) is 5.15. The van der Waals surface area contributed by atoms with Crippen LogP contribution in [0, 0.1) is 0 Å². The first-order chi connectivity index (χ1) is 8.37. The van der Waals surface area contributed by atoms with Gasteiger partial charge in [-0.3, -0.25) is 0 Å². The third-order valence-electron chi connectivity index (χ3n) is 2.27. The lowest BCUT2D eigenvalue weighted by Crippen LogP contribution is -2.64. The molecule has 0 heterocycles. The lowest BCUT2D eigenvalue weighted by Gasteiger charge is -2.36. The Morgan fingerprint density at radius 1 is 0.947 bits per heavy atom. The Morgan fingerprint density at radius 3 is 1.79 bits per heavy atom. The molecular weight excluding hydrogens is 337 g/mol. The van der Waals surface area contributed by atoms with Crippen molar-refractivity contribution in [3.8, 4) is 0 Å². The Labute approximate surface area is 117 Å². The molecule has 0 atom stereocenters. The fraction of sp³-hybridized carbons (Fsp3) is 1.00. The molecule has 0 aliphatic heterocycles. The summed E-state index contributed by atoms with van der Waals surface area (Å²) in [5.41, 5.74) is -5.21. The molecule has 0 aliphatic rings. The molecular formula is C9H14Cl2F6OSi. The maximum absolute atomic E-state index is 13.6. The number of alkyl halides is 6. The van der Waals surface area contributed by atoms with Gasteiger partial charge in [-0.1, -0.05) is 20.3 Å². The van der Waals surface area contributed by atoms with Crippen molar-refractivity contribution in [1.82, 2.24) is 0 Å². The molecule has 0 spiro atoms. The Hall–Kier alpha value is 0.337. The van der Waals surface area contributed by atoms with E-state index in [0.29, 0.717) is 0 Å². The van der Waals surface area contributed by atoms with E-state index in [-0.39, 0.29) is 12.8 Å². The van der Waals surface area contributed by atoms with Crippen LogP contribution >= 0.6 is 22.2 Å². The highest BCUT2D eigenvalue weighted by atomic mass is 35.7. The van der Waals surface area contributed by atoms with E-state index in [4.69, 9.17) is 22.2 Å². The Morgan fingerprint density at radius 2 is 1.42 bits per heavy atom. The molecule has 0 N–H and O–H groups in total. The zero-order chi connectivity index (χ0) is 15.5. The molecule has 0 saturated carbocycles. The Balaban J connectivity index is 5.36. The van der Waals surface area contributed by atoms with Gasteiger partial charge in [0.25, 0.3) is 0 Å². The van der Waals surface area contributed by atoms with E-state index >= 15 is 0 Å². The number of rotatable bonds is 8. The molecule has 0 aliphatic carbocycles. The van der Waals surface area contributed by atoms with Gasteiger partial charge in [-0.25, -0.2) is 8.78 Å². The van der Waals surface area contributed by atoms with Gasteiger partial charge in [0.15, 0.2) is 0 Å². The second kappa shape index (κ2) is 6.40. The van der Waals surface area contributed by atoms with Crippen molar-refractivity contribution in [2.45, 2.75) is 50.3 Å². The van der Waals surface area contributed by atoms with Crippen molar-refractivity contribution in [2.24, 2.45) is 0 Å². The molecule has 0 aromatic heterocycles. The lowest BCUT2D eigenvalue weighted by atomic mass is 10.3. The van der Waals surface area contributed by atoms with Crippen LogP contribution in [0.5, 0.6) is 0 Å².